The molecular weight excluding hydrogens is 400 g/mol. The summed E-state index contributed by atoms with van der Waals surface area (Å²) in [6.07, 6.45) is 1.73. The van der Waals surface area contributed by atoms with Gasteiger partial charge in [-0.2, -0.15) is 4.31 Å². The van der Waals surface area contributed by atoms with Gasteiger partial charge in [-0.3, -0.25) is 4.79 Å². The number of hydrogen-bond donors (Lipinski definition) is 1. The van der Waals surface area contributed by atoms with E-state index < -0.39 is 10.0 Å². The number of ether oxygens (including phenoxy) is 1. The summed E-state index contributed by atoms with van der Waals surface area (Å²) in [6.45, 7) is 6.21. The van der Waals surface area contributed by atoms with Crippen LogP contribution >= 0.6 is 0 Å². The third-order valence-corrected chi connectivity index (χ3v) is 7.37. The Morgan fingerprint density at radius 3 is 2.53 bits per heavy atom. The van der Waals surface area contributed by atoms with E-state index in [1.54, 1.807) is 19.1 Å². The average molecular weight is 431 g/mol. The Morgan fingerprint density at radius 1 is 1.13 bits per heavy atom. The van der Waals surface area contributed by atoms with Gasteiger partial charge in [0.25, 0.3) is 5.91 Å². The third-order valence-electron chi connectivity index (χ3n) is 5.48. The van der Waals surface area contributed by atoms with Crippen molar-refractivity contribution in [3.8, 4) is 0 Å². The zero-order valence-corrected chi connectivity index (χ0v) is 18.5. The number of nitrogens with zero attached hydrogens (tertiary/aromatic N) is 1. The summed E-state index contributed by atoms with van der Waals surface area (Å²) in [7, 11) is -3.59. The maximum atomic E-state index is 13.0. The van der Waals surface area contributed by atoms with E-state index in [9.17, 15) is 13.2 Å². The first-order valence-corrected chi connectivity index (χ1v) is 11.8. The van der Waals surface area contributed by atoms with Crippen LogP contribution in [0.5, 0.6) is 0 Å². The van der Waals surface area contributed by atoms with Gasteiger partial charge in [-0.1, -0.05) is 43.3 Å². The van der Waals surface area contributed by atoms with Crippen molar-refractivity contribution in [2.45, 2.75) is 38.2 Å². The van der Waals surface area contributed by atoms with E-state index in [1.165, 1.54) is 10.4 Å². The number of sulfonamides is 1. The number of carbonyl (C=O) groups excluding carboxylic acids is 1. The SMILES string of the molecule is Cc1ccc(S(=O)(=O)N2CCC(C)CC2)cc1C(=O)NCCOCc1ccccc1. The highest BCUT2D eigenvalue weighted by molar-refractivity contribution is 7.89. The van der Waals surface area contributed by atoms with E-state index in [-0.39, 0.29) is 10.8 Å². The van der Waals surface area contributed by atoms with Gasteiger partial charge in [-0.25, -0.2) is 8.42 Å². The number of amides is 1. The van der Waals surface area contributed by atoms with E-state index in [0.717, 1.165) is 24.0 Å². The molecule has 1 saturated heterocycles. The van der Waals surface area contributed by atoms with Crippen molar-refractivity contribution in [1.29, 1.82) is 0 Å². The Balaban J connectivity index is 1.58. The first kappa shape index (κ1) is 22.5. The van der Waals surface area contributed by atoms with Crippen LogP contribution in [-0.2, 0) is 21.4 Å². The number of rotatable bonds is 8. The van der Waals surface area contributed by atoms with Crippen LogP contribution in [0.1, 0.15) is 41.3 Å². The second-order valence-electron chi connectivity index (χ2n) is 7.86. The van der Waals surface area contributed by atoms with Crippen LogP contribution in [0.4, 0.5) is 0 Å². The predicted octanol–water partition coefficient (Wildman–Crippen LogP) is 3.36. The van der Waals surface area contributed by atoms with Crippen LogP contribution < -0.4 is 5.32 Å². The molecule has 3 rings (SSSR count). The van der Waals surface area contributed by atoms with Gasteiger partial charge in [-0.05, 0) is 48.9 Å². The number of aryl methyl sites for hydroxylation is 1. The minimum atomic E-state index is -3.59. The molecule has 0 aromatic heterocycles. The molecular formula is C23H30N2O4S. The van der Waals surface area contributed by atoms with Crippen molar-refractivity contribution >= 4 is 15.9 Å². The normalized spacial score (nSPS) is 15.8. The molecule has 162 valence electrons. The molecule has 0 bridgehead atoms. The van der Waals surface area contributed by atoms with Gasteiger partial charge in [-0.15, -0.1) is 0 Å². The van der Waals surface area contributed by atoms with E-state index in [1.807, 2.05) is 30.3 Å². The van der Waals surface area contributed by atoms with Crippen LogP contribution in [-0.4, -0.2) is 44.9 Å². The lowest BCUT2D eigenvalue weighted by atomic mass is 10.0. The fourth-order valence-corrected chi connectivity index (χ4v) is 4.97. The van der Waals surface area contributed by atoms with Gasteiger partial charge in [0, 0.05) is 25.2 Å². The van der Waals surface area contributed by atoms with Crippen molar-refractivity contribution in [3.63, 3.8) is 0 Å². The number of hydrogen-bond acceptors (Lipinski definition) is 4. The quantitative estimate of drug-likeness (QED) is 0.652. The molecule has 0 saturated carbocycles. The maximum Gasteiger partial charge on any atom is 0.251 e. The fraction of sp³-hybridized carbons (Fsp3) is 0.435. The van der Waals surface area contributed by atoms with E-state index in [0.29, 0.717) is 44.3 Å². The fourth-order valence-electron chi connectivity index (χ4n) is 3.48. The van der Waals surface area contributed by atoms with Gasteiger partial charge in [0.2, 0.25) is 10.0 Å². The third kappa shape index (κ3) is 5.68. The summed E-state index contributed by atoms with van der Waals surface area (Å²) >= 11 is 0. The first-order valence-electron chi connectivity index (χ1n) is 10.4. The summed E-state index contributed by atoms with van der Waals surface area (Å²) in [5.74, 6) is 0.250. The largest absolute Gasteiger partial charge is 0.375 e. The van der Waals surface area contributed by atoms with Crippen molar-refractivity contribution < 1.29 is 17.9 Å². The molecule has 30 heavy (non-hydrogen) atoms. The highest BCUT2D eigenvalue weighted by Crippen LogP contribution is 2.25. The maximum absolute atomic E-state index is 13.0. The van der Waals surface area contributed by atoms with Crippen molar-refractivity contribution in [2.24, 2.45) is 5.92 Å². The van der Waals surface area contributed by atoms with Crippen molar-refractivity contribution in [2.75, 3.05) is 26.2 Å². The Labute approximate surface area is 179 Å². The van der Waals surface area contributed by atoms with Gasteiger partial charge in [0.05, 0.1) is 18.1 Å². The molecule has 7 heteroatoms. The summed E-state index contributed by atoms with van der Waals surface area (Å²) in [6, 6.07) is 14.6. The van der Waals surface area contributed by atoms with Gasteiger partial charge in [0.15, 0.2) is 0 Å². The van der Waals surface area contributed by atoms with Gasteiger partial charge >= 0.3 is 0 Å². The van der Waals surface area contributed by atoms with Crippen LogP contribution in [0.2, 0.25) is 0 Å². The van der Waals surface area contributed by atoms with Crippen molar-refractivity contribution in [3.05, 3.63) is 65.2 Å². The molecule has 1 amide bonds. The Hall–Kier alpha value is -2.22. The number of carbonyl (C=O) groups is 1. The smallest absolute Gasteiger partial charge is 0.251 e. The molecule has 2 aromatic rings. The standard InChI is InChI=1S/C23H30N2O4S/c1-18-10-13-25(14-11-18)30(27,28)21-9-8-19(2)22(16-21)23(26)24-12-15-29-17-20-6-4-3-5-7-20/h3-9,16,18H,10-15,17H2,1-2H3,(H,24,26). The predicted molar refractivity (Wildman–Crippen MR) is 117 cm³/mol. The minimum Gasteiger partial charge on any atom is -0.375 e. The van der Waals surface area contributed by atoms with Crippen LogP contribution in [0.25, 0.3) is 0 Å². The summed E-state index contributed by atoms with van der Waals surface area (Å²) in [5.41, 5.74) is 2.19. The second kappa shape index (κ2) is 10.2. The van der Waals surface area contributed by atoms with E-state index >= 15 is 0 Å². The van der Waals surface area contributed by atoms with Crippen LogP contribution in [0.15, 0.2) is 53.4 Å². The van der Waals surface area contributed by atoms with E-state index in [2.05, 4.69) is 12.2 Å². The molecule has 2 aromatic carbocycles. The zero-order chi connectivity index (χ0) is 21.6. The topological polar surface area (TPSA) is 75.7 Å². The molecule has 1 aliphatic heterocycles. The lowest BCUT2D eigenvalue weighted by Crippen LogP contribution is -2.38. The summed E-state index contributed by atoms with van der Waals surface area (Å²) < 4.78 is 33.1. The highest BCUT2D eigenvalue weighted by Gasteiger charge is 2.28. The molecule has 0 aliphatic carbocycles. The van der Waals surface area contributed by atoms with Crippen molar-refractivity contribution in [1.82, 2.24) is 9.62 Å². The lowest BCUT2D eigenvalue weighted by molar-refractivity contribution is 0.0900. The summed E-state index contributed by atoms with van der Waals surface area (Å²) in [5, 5.41) is 2.82. The molecule has 1 fully saturated rings. The zero-order valence-electron chi connectivity index (χ0n) is 17.6. The minimum absolute atomic E-state index is 0.174. The van der Waals surface area contributed by atoms with Crippen LogP contribution in [0.3, 0.4) is 0 Å². The van der Waals surface area contributed by atoms with Crippen LogP contribution in [0, 0.1) is 12.8 Å². The van der Waals surface area contributed by atoms with Gasteiger partial charge in [0.1, 0.15) is 0 Å². The van der Waals surface area contributed by atoms with E-state index in [4.69, 9.17) is 4.74 Å². The molecule has 6 nitrogen and oxygen atoms in total. The molecule has 0 atom stereocenters. The monoisotopic (exact) mass is 430 g/mol. The Morgan fingerprint density at radius 2 is 1.83 bits per heavy atom. The number of nitrogens with one attached hydrogen (secondary N) is 1. The molecule has 0 radical (unpaired) electrons. The molecule has 1 aliphatic rings. The highest BCUT2D eigenvalue weighted by atomic mass is 32.2. The number of piperidine rings is 1. The Kier molecular flexibility index (Phi) is 7.64. The average Bonchev–Trinajstić information content (AvgIpc) is 2.74. The van der Waals surface area contributed by atoms with Gasteiger partial charge < -0.3 is 10.1 Å². The first-order chi connectivity index (χ1) is 14.4. The Bertz CT molecular complexity index is 952. The molecule has 0 unspecified atom stereocenters. The lowest BCUT2D eigenvalue weighted by Gasteiger charge is -2.29. The molecule has 1 heterocycles. The summed E-state index contributed by atoms with van der Waals surface area (Å²) in [4.78, 5) is 12.8. The number of benzene rings is 2. The molecule has 1 N–H and O–H groups in total. The second-order valence-corrected chi connectivity index (χ2v) is 9.80. The molecule has 0 spiro atoms.